The van der Waals surface area contributed by atoms with Crippen molar-refractivity contribution in [1.82, 2.24) is 9.88 Å². The lowest BCUT2D eigenvalue weighted by atomic mass is 9.79. The van der Waals surface area contributed by atoms with Crippen molar-refractivity contribution in [2.24, 2.45) is 0 Å². The van der Waals surface area contributed by atoms with Crippen molar-refractivity contribution in [2.75, 3.05) is 13.1 Å². The average molecular weight is 392 g/mol. The van der Waals surface area contributed by atoms with Crippen molar-refractivity contribution in [3.8, 4) is 0 Å². The molecular weight excluding hydrogens is 362 g/mol. The van der Waals surface area contributed by atoms with Crippen LogP contribution in [0.1, 0.15) is 66.5 Å². The summed E-state index contributed by atoms with van der Waals surface area (Å²) in [6.45, 7) is 14.3. The molecule has 1 aromatic heterocycles. The van der Waals surface area contributed by atoms with Gasteiger partial charge in [-0.25, -0.2) is 9.78 Å². The number of carbonyl (C=O) groups is 1. The maximum absolute atomic E-state index is 14.8. The molecule has 2 aliphatic heterocycles. The molecule has 0 aliphatic carbocycles. The zero-order chi connectivity index (χ0) is 20.9. The van der Waals surface area contributed by atoms with Gasteiger partial charge in [-0.15, -0.1) is 0 Å². The second-order valence-corrected chi connectivity index (χ2v) is 9.62. The molecule has 1 atom stereocenters. The van der Waals surface area contributed by atoms with Crippen LogP contribution < -0.4 is 5.46 Å². The van der Waals surface area contributed by atoms with Crippen LogP contribution in [0, 0.1) is 5.95 Å². The molecule has 3 heterocycles. The zero-order valence-electron chi connectivity index (χ0n) is 17.8. The molecule has 0 spiro atoms. The van der Waals surface area contributed by atoms with E-state index in [0.29, 0.717) is 24.2 Å². The van der Waals surface area contributed by atoms with Gasteiger partial charge in [0.1, 0.15) is 5.60 Å². The third-order valence-corrected chi connectivity index (χ3v) is 5.66. The van der Waals surface area contributed by atoms with Gasteiger partial charge in [-0.05, 0) is 61.0 Å². The van der Waals surface area contributed by atoms with E-state index in [4.69, 9.17) is 14.0 Å². The fourth-order valence-electron chi connectivity index (χ4n) is 3.33. The fraction of sp³-hybridized carbons (Fsp3) is 0.700. The van der Waals surface area contributed by atoms with E-state index in [-0.39, 0.29) is 12.0 Å². The Labute approximate surface area is 166 Å². The average Bonchev–Trinajstić information content (AvgIpc) is 3.09. The van der Waals surface area contributed by atoms with Crippen molar-refractivity contribution in [1.29, 1.82) is 0 Å². The number of ether oxygens (including phenoxy) is 1. The Morgan fingerprint density at radius 1 is 1.25 bits per heavy atom. The normalized spacial score (nSPS) is 23.9. The van der Waals surface area contributed by atoms with Gasteiger partial charge in [-0.1, -0.05) is 6.07 Å². The number of amides is 1. The van der Waals surface area contributed by atoms with Crippen LogP contribution in [-0.2, 0) is 14.0 Å². The smallest absolute Gasteiger partial charge is 0.444 e. The summed E-state index contributed by atoms with van der Waals surface area (Å²) < 4.78 is 32.0. The Hall–Kier alpha value is -1.67. The van der Waals surface area contributed by atoms with E-state index in [1.807, 2.05) is 48.5 Å². The monoisotopic (exact) mass is 392 g/mol. The molecule has 2 fully saturated rings. The van der Waals surface area contributed by atoms with E-state index in [1.54, 1.807) is 17.0 Å². The number of carbonyl (C=O) groups excluding carboxylic acids is 1. The predicted molar refractivity (Wildman–Crippen MR) is 105 cm³/mol. The molecule has 2 aliphatic rings. The Bertz CT molecular complexity index is 747. The van der Waals surface area contributed by atoms with Gasteiger partial charge in [0.05, 0.1) is 11.2 Å². The topological polar surface area (TPSA) is 60.9 Å². The molecule has 2 saturated heterocycles. The minimum Gasteiger partial charge on any atom is -0.444 e. The van der Waals surface area contributed by atoms with Gasteiger partial charge in [0, 0.05) is 30.2 Å². The Kier molecular flexibility index (Phi) is 5.25. The molecule has 0 aromatic carbocycles. The van der Waals surface area contributed by atoms with E-state index in [2.05, 4.69) is 4.98 Å². The molecule has 6 nitrogen and oxygen atoms in total. The van der Waals surface area contributed by atoms with Crippen LogP contribution in [-0.4, -0.2) is 53.0 Å². The molecule has 1 aromatic rings. The lowest BCUT2D eigenvalue weighted by Gasteiger charge is -2.32. The summed E-state index contributed by atoms with van der Waals surface area (Å²) in [5.74, 6) is -0.610. The number of halogens is 1. The summed E-state index contributed by atoms with van der Waals surface area (Å²) in [5, 5.41) is 0. The van der Waals surface area contributed by atoms with Crippen molar-refractivity contribution in [3.05, 3.63) is 23.8 Å². The van der Waals surface area contributed by atoms with E-state index >= 15 is 0 Å². The van der Waals surface area contributed by atoms with Crippen LogP contribution in [0.4, 0.5) is 9.18 Å². The number of hydrogen-bond acceptors (Lipinski definition) is 5. The fourth-order valence-corrected chi connectivity index (χ4v) is 3.33. The first kappa shape index (κ1) is 21.1. The van der Waals surface area contributed by atoms with Gasteiger partial charge in [-0.3, -0.25) is 0 Å². The van der Waals surface area contributed by atoms with Gasteiger partial charge in [0.2, 0.25) is 5.95 Å². The number of likely N-dealkylation sites (tertiary alicyclic amines) is 1. The highest BCUT2D eigenvalue weighted by molar-refractivity contribution is 6.62. The minimum atomic E-state index is -0.784. The van der Waals surface area contributed by atoms with Crippen LogP contribution in [0.3, 0.4) is 0 Å². The summed E-state index contributed by atoms with van der Waals surface area (Å²) in [7, 11) is -0.784. The molecule has 0 bridgehead atoms. The van der Waals surface area contributed by atoms with Gasteiger partial charge in [-0.2, -0.15) is 4.39 Å². The Morgan fingerprint density at radius 2 is 1.86 bits per heavy atom. The summed E-state index contributed by atoms with van der Waals surface area (Å²) >= 11 is 0. The molecule has 8 heteroatoms. The van der Waals surface area contributed by atoms with Crippen LogP contribution in [0.25, 0.3) is 0 Å². The molecule has 1 amide bonds. The molecule has 0 N–H and O–H groups in total. The molecule has 28 heavy (non-hydrogen) atoms. The number of aromatic nitrogens is 1. The number of rotatable bonds is 2. The first-order chi connectivity index (χ1) is 12.8. The Morgan fingerprint density at radius 3 is 2.39 bits per heavy atom. The number of pyridine rings is 1. The highest BCUT2D eigenvalue weighted by Crippen LogP contribution is 2.36. The first-order valence-electron chi connectivity index (χ1n) is 9.79. The first-order valence-corrected chi connectivity index (χ1v) is 9.79. The lowest BCUT2D eigenvalue weighted by molar-refractivity contribution is 0.00578. The standard InChI is InChI=1S/C20H30BFN2O4/c1-18(2,3)26-17(25)24-11-10-13(12-24)15-9-8-14(16(22)23-15)21-27-19(4,5)20(6,7)28-21/h8-9,13H,10-12H2,1-7H3. The molecule has 3 rings (SSSR count). The van der Waals surface area contributed by atoms with Gasteiger partial charge < -0.3 is 18.9 Å². The summed E-state index contributed by atoms with van der Waals surface area (Å²) in [5.41, 5.74) is -0.692. The van der Waals surface area contributed by atoms with Crippen molar-refractivity contribution < 1.29 is 23.2 Å². The van der Waals surface area contributed by atoms with E-state index in [9.17, 15) is 9.18 Å². The second kappa shape index (κ2) is 6.99. The zero-order valence-corrected chi connectivity index (χ0v) is 17.8. The van der Waals surface area contributed by atoms with Crippen LogP contribution >= 0.6 is 0 Å². The maximum Gasteiger partial charge on any atom is 0.499 e. The number of hydrogen-bond donors (Lipinski definition) is 0. The van der Waals surface area contributed by atoms with Crippen LogP contribution in [0.2, 0.25) is 0 Å². The summed E-state index contributed by atoms with van der Waals surface area (Å²) in [6.07, 6.45) is 0.380. The molecule has 0 radical (unpaired) electrons. The summed E-state index contributed by atoms with van der Waals surface area (Å²) in [4.78, 5) is 18.0. The van der Waals surface area contributed by atoms with Gasteiger partial charge in [0.15, 0.2) is 0 Å². The largest absolute Gasteiger partial charge is 0.499 e. The third kappa shape index (κ3) is 4.18. The van der Waals surface area contributed by atoms with E-state index in [1.165, 1.54) is 0 Å². The predicted octanol–water partition coefficient (Wildman–Crippen LogP) is 3.24. The van der Waals surface area contributed by atoms with E-state index < -0.39 is 29.9 Å². The molecular formula is C20H30BFN2O4. The lowest BCUT2D eigenvalue weighted by Crippen LogP contribution is -2.41. The van der Waals surface area contributed by atoms with Crippen molar-refractivity contribution in [2.45, 2.75) is 77.6 Å². The highest BCUT2D eigenvalue weighted by Gasteiger charge is 2.52. The Balaban J connectivity index is 1.70. The molecule has 154 valence electrons. The maximum atomic E-state index is 14.8. The molecule has 0 saturated carbocycles. The SMILES string of the molecule is CC(C)(C)OC(=O)N1CCC(c2ccc(B3OC(C)(C)C(C)(C)O3)c(F)n2)C1. The molecule has 1 unspecified atom stereocenters. The number of nitrogens with zero attached hydrogens (tertiary/aromatic N) is 2. The summed E-state index contributed by atoms with van der Waals surface area (Å²) in [6, 6.07) is 3.47. The minimum absolute atomic E-state index is 0.0191. The van der Waals surface area contributed by atoms with Crippen LogP contribution in [0.15, 0.2) is 12.1 Å². The van der Waals surface area contributed by atoms with Gasteiger partial charge >= 0.3 is 13.2 Å². The van der Waals surface area contributed by atoms with Gasteiger partial charge in [0.25, 0.3) is 0 Å². The third-order valence-electron chi connectivity index (χ3n) is 5.66. The quantitative estimate of drug-likeness (QED) is 0.571. The second-order valence-electron chi connectivity index (χ2n) is 9.62. The van der Waals surface area contributed by atoms with Crippen molar-refractivity contribution >= 4 is 18.7 Å². The van der Waals surface area contributed by atoms with Crippen LogP contribution in [0.5, 0.6) is 0 Å². The van der Waals surface area contributed by atoms with Crippen molar-refractivity contribution in [3.63, 3.8) is 0 Å². The van der Waals surface area contributed by atoms with E-state index in [0.717, 1.165) is 6.42 Å². The highest BCUT2D eigenvalue weighted by atomic mass is 19.1.